The second-order valence-electron chi connectivity index (χ2n) is 2.96. The zero-order chi connectivity index (χ0) is 9.72. The molecule has 2 amide bonds. The summed E-state index contributed by atoms with van der Waals surface area (Å²) in [4.78, 5) is 13.2. The summed E-state index contributed by atoms with van der Waals surface area (Å²) >= 11 is 0. The van der Waals surface area contributed by atoms with Gasteiger partial charge in [-0.2, -0.15) is 0 Å². The van der Waals surface area contributed by atoms with Gasteiger partial charge in [0.1, 0.15) is 0 Å². The third-order valence-electron chi connectivity index (χ3n) is 1.81. The molecule has 0 aromatic rings. The molecular formula is C8H19N3O. The topological polar surface area (TPSA) is 49.6 Å². The fraction of sp³-hybridized carbons (Fsp3) is 0.875. The minimum absolute atomic E-state index is 0.0538. The molecule has 0 saturated heterocycles. The lowest BCUT2D eigenvalue weighted by Crippen LogP contribution is -2.50. The SMILES string of the molecule is CCN(CC)C(=O)N(N)C(C)C. The van der Waals surface area contributed by atoms with E-state index in [0.29, 0.717) is 13.1 Å². The Morgan fingerprint density at radius 1 is 1.33 bits per heavy atom. The first kappa shape index (κ1) is 11.2. The number of carbonyl (C=O) groups excluding carboxylic acids is 1. The molecule has 0 saturated carbocycles. The summed E-state index contributed by atoms with van der Waals surface area (Å²) in [5.41, 5.74) is 0. The van der Waals surface area contributed by atoms with E-state index in [2.05, 4.69) is 0 Å². The molecule has 0 aliphatic rings. The van der Waals surface area contributed by atoms with Gasteiger partial charge in [-0.3, -0.25) is 5.01 Å². The van der Waals surface area contributed by atoms with Crippen LogP contribution in [0, 0.1) is 0 Å². The molecule has 4 nitrogen and oxygen atoms in total. The van der Waals surface area contributed by atoms with Crippen LogP contribution in [0.25, 0.3) is 0 Å². The van der Waals surface area contributed by atoms with Crippen LogP contribution in [0.4, 0.5) is 4.79 Å². The predicted molar refractivity (Wildman–Crippen MR) is 49.5 cm³/mol. The molecule has 4 heteroatoms. The number of nitrogens with two attached hydrogens (primary N) is 1. The van der Waals surface area contributed by atoms with Gasteiger partial charge in [0.2, 0.25) is 0 Å². The van der Waals surface area contributed by atoms with E-state index >= 15 is 0 Å². The first-order valence-corrected chi connectivity index (χ1v) is 4.37. The third kappa shape index (κ3) is 2.70. The van der Waals surface area contributed by atoms with E-state index in [-0.39, 0.29) is 12.1 Å². The number of rotatable bonds is 3. The van der Waals surface area contributed by atoms with Gasteiger partial charge in [0, 0.05) is 19.1 Å². The first-order valence-electron chi connectivity index (χ1n) is 4.37. The number of hydrogen-bond donors (Lipinski definition) is 1. The minimum atomic E-state index is -0.102. The van der Waals surface area contributed by atoms with Gasteiger partial charge in [-0.15, -0.1) is 0 Å². The summed E-state index contributed by atoms with van der Waals surface area (Å²) in [5.74, 6) is 5.55. The molecule has 72 valence electrons. The normalized spacial score (nSPS) is 10.2. The van der Waals surface area contributed by atoms with Crippen molar-refractivity contribution in [2.24, 2.45) is 5.84 Å². The van der Waals surface area contributed by atoms with Crippen molar-refractivity contribution in [3.63, 3.8) is 0 Å². The van der Waals surface area contributed by atoms with E-state index in [1.165, 1.54) is 5.01 Å². The second-order valence-corrected chi connectivity index (χ2v) is 2.96. The fourth-order valence-corrected chi connectivity index (χ4v) is 0.878. The van der Waals surface area contributed by atoms with Crippen LogP contribution in [0.1, 0.15) is 27.7 Å². The van der Waals surface area contributed by atoms with Crippen molar-refractivity contribution in [1.82, 2.24) is 9.91 Å². The quantitative estimate of drug-likeness (QED) is 0.394. The molecule has 0 rings (SSSR count). The second kappa shape index (κ2) is 4.98. The molecule has 2 N–H and O–H groups in total. The maximum Gasteiger partial charge on any atom is 0.334 e. The van der Waals surface area contributed by atoms with Crippen LogP contribution in [0.15, 0.2) is 0 Å². The maximum absolute atomic E-state index is 11.5. The van der Waals surface area contributed by atoms with E-state index in [0.717, 1.165) is 0 Å². The van der Waals surface area contributed by atoms with Gasteiger partial charge in [0.05, 0.1) is 0 Å². The van der Waals surface area contributed by atoms with Crippen molar-refractivity contribution in [3.05, 3.63) is 0 Å². The van der Waals surface area contributed by atoms with Crippen molar-refractivity contribution in [1.29, 1.82) is 0 Å². The Balaban J connectivity index is 4.16. The number of urea groups is 1. The molecule has 0 aromatic heterocycles. The fourth-order valence-electron chi connectivity index (χ4n) is 0.878. The number of hydrazine groups is 1. The predicted octanol–water partition coefficient (Wildman–Crippen LogP) is 1.03. The molecule has 0 aliphatic heterocycles. The Morgan fingerprint density at radius 3 is 2.00 bits per heavy atom. The zero-order valence-corrected chi connectivity index (χ0v) is 8.37. The van der Waals surface area contributed by atoms with Gasteiger partial charge in [0.15, 0.2) is 0 Å². The smallest absolute Gasteiger partial charge is 0.324 e. The zero-order valence-electron chi connectivity index (χ0n) is 8.37. The van der Waals surface area contributed by atoms with Crippen LogP contribution < -0.4 is 5.84 Å². The highest BCUT2D eigenvalue weighted by Crippen LogP contribution is 1.98. The monoisotopic (exact) mass is 173 g/mol. The lowest BCUT2D eigenvalue weighted by atomic mass is 10.4. The number of nitrogens with zero attached hydrogens (tertiary/aromatic N) is 2. The lowest BCUT2D eigenvalue weighted by molar-refractivity contribution is 0.145. The Bertz CT molecular complexity index is 139. The molecule has 0 radical (unpaired) electrons. The Morgan fingerprint density at radius 2 is 1.75 bits per heavy atom. The maximum atomic E-state index is 11.5. The van der Waals surface area contributed by atoms with Gasteiger partial charge >= 0.3 is 6.03 Å². The Hall–Kier alpha value is -0.770. The number of hydrogen-bond acceptors (Lipinski definition) is 2. The summed E-state index contributed by atoms with van der Waals surface area (Å²) < 4.78 is 0. The van der Waals surface area contributed by atoms with Crippen LogP contribution in [0.5, 0.6) is 0 Å². The van der Waals surface area contributed by atoms with Crippen LogP contribution in [-0.2, 0) is 0 Å². The van der Waals surface area contributed by atoms with E-state index in [1.54, 1.807) is 4.90 Å². The van der Waals surface area contributed by atoms with E-state index < -0.39 is 0 Å². The van der Waals surface area contributed by atoms with Crippen LogP contribution in [-0.4, -0.2) is 35.1 Å². The molecule has 0 atom stereocenters. The van der Waals surface area contributed by atoms with Crippen molar-refractivity contribution in [2.45, 2.75) is 33.7 Å². The average molecular weight is 173 g/mol. The van der Waals surface area contributed by atoms with Gasteiger partial charge in [-0.05, 0) is 27.7 Å². The Labute approximate surface area is 74.3 Å². The van der Waals surface area contributed by atoms with Crippen molar-refractivity contribution < 1.29 is 4.79 Å². The summed E-state index contributed by atoms with van der Waals surface area (Å²) in [6.07, 6.45) is 0. The molecule has 0 aliphatic carbocycles. The minimum Gasteiger partial charge on any atom is -0.324 e. The third-order valence-corrected chi connectivity index (χ3v) is 1.81. The van der Waals surface area contributed by atoms with E-state index in [1.807, 2.05) is 27.7 Å². The van der Waals surface area contributed by atoms with Gasteiger partial charge in [-0.25, -0.2) is 10.6 Å². The highest BCUT2D eigenvalue weighted by molar-refractivity contribution is 5.73. The molecule has 0 spiro atoms. The molecule has 0 aromatic carbocycles. The Kier molecular flexibility index (Phi) is 4.66. The van der Waals surface area contributed by atoms with Gasteiger partial charge < -0.3 is 4.90 Å². The summed E-state index contributed by atoms with van der Waals surface area (Å²) in [6, 6.07) is -0.0481. The molecule has 0 fully saturated rings. The highest BCUT2D eigenvalue weighted by atomic mass is 16.2. The number of carbonyl (C=O) groups is 1. The summed E-state index contributed by atoms with van der Waals surface area (Å²) in [6.45, 7) is 9.07. The molecule has 0 bridgehead atoms. The van der Waals surface area contributed by atoms with Crippen molar-refractivity contribution in [2.75, 3.05) is 13.1 Å². The van der Waals surface area contributed by atoms with Crippen LogP contribution in [0.3, 0.4) is 0 Å². The highest BCUT2D eigenvalue weighted by Gasteiger charge is 2.17. The van der Waals surface area contributed by atoms with Gasteiger partial charge in [-0.1, -0.05) is 0 Å². The van der Waals surface area contributed by atoms with Crippen LogP contribution in [0.2, 0.25) is 0 Å². The largest absolute Gasteiger partial charge is 0.334 e. The van der Waals surface area contributed by atoms with E-state index in [4.69, 9.17) is 5.84 Å². The molecule has 0 unspecified atom stereocenters. The summed E-state index contributed by atoms with van der Waals surface area (Å²) in [5, 5.41) is 1.26. The van der Waals surface area contributed by atoms with E-state index in [9.17, 15) is 4.79 Å². The standard InChI is InChI=1S/C8H19N3O/c1-5-10(6-2)8(12)11(9)7(3)4/h7H,5-6,9H2,1-4H3. The van der Waals surface area contributed by atoms with Crippen LogP contribution >= 0.6 is 0 Å². The summed E-state index contributed by atoms with van der Waals surface area (Å²) in [7, 11) is 0. The average Bonchev–Trinajstić information content (AvgIpc) is 2.05. The molecular weight excluding hydrogens is 154 g/mol. The molecule has 0 heterocycles. The first-order chi connectivity index (χ1) is 5.54. The van der Waals surface area contributed by atoms with Crippen molar-refractivity contribution >= 4 is 6.03 Å². The number of amides is 2. The van der Waals surface area contributed by atoms with Crippen molar-refractivity contribution in [3.8, 4) is 0 Å². The lowest BCUT2D eigenvalue weighted by Gasteiger charge is -2.28. The molecule has 12 heavy (non-hydrogen) atoms. The van der Waals surface area contributed by atoms with Gasteiger partial charge in [0.25, 0.3) is 0 Å².